The number of terminal acetylenes is 1. The quantitative estimate of drug-likeness (QED) is 0.711. The molecule has 0 spiro atoms. The van der Waals surface area contributed by atoms with E-state index >= 15 is 0 Å². The number of nitrogens with zero attached hydrogens (tertiary/aromatic N) is 2. The molecule has 0 saturated carbocycles. The predicted octanol–water partition coefficient (Wildman–Crippen LogP) is 3.63. The van der Waals surface area contributed by atoms with E-state index in [0.29, 0.717) is 17.4 Å². The van der Waals surface area contributed by atoms with Crippen LogP contribution in [0.1, 0.15) is 22.4 Å². The van der Waals surface area contributed by atoms with Gasteiger partial charge >= 0.3 is 0 Å². The van der Waals surface area contributed by atoms with Crippen molar-refractivity contribution in [3.05, 3.63) is 86.3 Å². The van der Waals surface area contributed by atoms with Crippen molar-refractivity contribution in [1.29, 1.82) is 0 Å². The number of benzene rings is 2. The first kappa shape index (κ1) is 17.5. The number of nitrogens with one attached hydrogen (secondary N) is 1. The maximum atomic E-state index is 12.7. The Morgan fingerprint density at radius 3 is 2.74 bits per heavy atom. The Kier molecular flexibility index (Phi) is 4.81. The highest BCUT2D eigenvalue weighted by Gasteiger charge is 2.22. The van der Waals surface area contributed by atoms with E-state index in [0.717, 1.165) is 47.5 Å². The molecule has 4 nitrogen and oxygen atoms in total. The fraction of sp³-hybridized carbons (Fsp3) is 0.182. The van der Waals surface area contributed by atoms with Crippen LogP contribution in [0.4, 0.5) is 0 Å². The van der Waals surface area contributed by atoms with Crippen LogP contribution in [0.25, 0.3) is 11.4 Å². The fourth-order valence-electron chi connectivity index (χ4n) is 3.40. The molecule has 1 aromatic heterocycles. The highest BCUT2D eigenvalue weighted by molar-refractivity contribution is 6.30. The third kappa shape index (κ3) is 3.66. The fourth-order valence-corrected chi connectivity index (χ4v) is 3.53. The first-order valence-electron chi connectivity index (χ1n) is 8.79. The Bertz CT molecular complexity index is 1080. The largest absolute Gasteiger partial charge is 0.306 e. The zero-order valence-electron chi connectivity index (χ0n) is 14.7. The molecule has 134 valence electrons. The van der Waals surface area contributed by atoms with Gasteiger partial charge in [0.2, 0.25) is 0 Å². The lowest BCUT2D eigenvalue weighted by Gasteiger charge is -2.28. The molecule has 27 heavy (non-hydrogen) atoms. The highest BCUT2D eigenvalue weighted by Crippen LogP contribution is 2.22. The van der Waals surface area contributed by atoms with Gasteiger partial charge < -0.3 is 4.98 Å². The summed E-state index contributed by atoms with van der Waals surface area (Å²) >= 11 is 5.94. The van der Waals surface area contributed by atoms with Crippen LogP contribution in [0.5, 0.6) is 0 Å². The summed E-state index contributed by atoms with van der Waals surface area (Å²) in [5, 5.41) is 0.655. The number of H-pyrrole nitrogens is 1. The molecule has 0 radical (unpaired) electrons. The van der Waals surface area contributed by atoms with Crippen LogP contribution >= 0.6 is 11.6 Å². The molecule has 0 fully saturated rings. The molecule has 0 amide bonds. The maximum Gasteiger partial charge on any atom is 0.255 e. The van der Waals surface area contributed by atoms with E-state index in [2.05, 4.69) is 15.8 Å². The summed E-state index contributed by atoms with van der Waals surface area (Å²) in [6, 6.07) is 15.2. The molecule has 0 atom stereocenters. The van der Waals surface area contributed by atoms with Crippen LogP contribution in [0.15, 0.2) is 53.3 Å². The minimum absolute atomic E-state index is 0.0834. The zero-order valence-corrected chi connectivity index (χ0v) is 15.5. The molecule has 4 rings (SSSR count). The third-order valence-corrected chi connectivity index (χ3v) is 5.08. The summed E-state index contributed by atoms with van der Waals surface area (Å²) in [6.45, 7) is 2.12. The van der Waals surface area contributed by atoms with Gasteiger partial charge in [0.05, 0.1) is 11.3 Å². The normalized spacial score (nSPS) is 13.8. The van der Waals surface area contributed by atoms with Crippen molar-refractivity contribution in [2.45, 2.75) is 19.5 Å². The second-order valence-corrected chi connectivity index (χ2v) is 7.05. The smallest absolute Gasteiger partial charge is 0.255 e. The van der Waals surface area contributed by atoms with Crippen molar-refractivity contribution in [3.63, 3.8) is 0 Å². The van der Waals surface area contributed by atoms with Gasteiger partial charge in [0.15, 0.2) is 0 Å². The van der Waals surface area contributed by atoms with Gasteiger partial charge in [0.25, 0.3) is 5.56 Å². The Morgan fingerprint density at radius 1 is 1.19 bits per heavy atom. The van der Waals surface area contributed by atoms with Gasteiger partial charge in [-0.05, 0) is 35.9 Å². The van der Waals surface area contributed by atoms with Gasteiger partial charge in [-0.25, -0.2) is 4.98 Å². The van der Waals surface area contributed by atoms with E-state index in [9.17, 15) is 4.79 Å². The van der Waals surface area contributed by atoms with Gasteiger partial charge in [-0.3, -0.25) is 9.69 Å². The van der Waals surface area contributed by atoms with E-state index in [1.54, 1.807) is 12.1 Å². The first-order valence-corrected chi connectivity index (χ1v) is 9.17. The zero-order chi connectivity index (χ0) is 18.8. The number of hydrogen-bond donors (Lipinski definition) is 1. The third-order valence-electron chi connectivity index (χ3n) is 4.83. The van der Waals surface area contributed by atoms with E-state index in [4.69, 9.17) is 23.0 Å². The van der Waals surface area contributed by atoms with Crippen LogP contribution in [0, 0.1) is 12.3 Å². The summed E-state index contributed by atoms with van der Waals surface area (Å²) in [6.07, 6.45) is 6.33. The van der Waals surface area contributed by atoms with Crippen molar-refractivity contribution < 1.29 is 0 Å². The van der Waals surface area contributed by atoms with Crippen LogP contribution in [-0.2, 0) is 19.5 Å². The van der Waals surface area contributed by atoms with E-state index in [1.807, 2.05) is 36.4 Å². The van der Waals surface area contributed by atoms with Crippen molar-refractivity contribution in [1.82, 2.24) is 14.9 Å². The Balaban J connectivity index is 1.59. The number of halogens is 1. The van der Waals surface area contributed by atoms with Gasteiger partial charge in [-0.1, -0.05) is 35.7 Å². The van der Waals surface area contributed by atoms with E-state index < -0.39 is 0 Å². The molecule has 0 saturated heterocycles. The van der Waals surface area contributed by atoms with E-state index in [-0.39, 0.29) is 5.56 Å². The van der Waals surface area contributed by atoms with Gasteiger partial charge in [0.1, 0.15) is 5.82 Å². The van der Waals surface area contributed by atoms with Crippen molar-refractivity contribution >= 4 is 11.6 Å². The van der Waals surface area contributed by atoms with Gasteiger partial charge in [-0.2, -0.15) is 0 Å². The summed E-state index contributed by atoms with van der Waals surface area (Å²) < 4.78 is 0. The summed E-state index contributed by atoms with van der Waals surface area (Å²) in [4.78, 5) is 22.5. The molecule has 0 aliphatic carbocycles. The summed E-state index contributed by atoms with van der Waals surface area (Å²) in [5.41, 5.74) is 4.37. The van der Waals surface area contributed by atoms with Crippen LogP contribution in [-0.4, -0.2) is 21.4 Å². The molecular weight excluding hydrogens is 358 g/mol. The highest BCUT2D eigenvalue weighted by atomic mass is 35.5. The van der Waals surface area contributed by atoms with Crippen LogP contribution < -0.4 is 5.56 Å². The Hall–Kier alpha value is -2.87. The molecule has 0 bridgehead atoms. The molecule has 2 aromatic carbocycles. The topological polar surface area (TPSA) is 49.0 Å². The SMILES string of the molecule is C#Cc1ccccc1CN1CCc2nc(-c3ccc(Cl)cc3)[nH]c(=O)c2C1. The van der Waals surface area contributed by atoms with Crippen LogP contribution in [0.3, 0.4) is 0 Å². The molecule has 2 heterocycles. The number of rotatable bonds is 3. The predicted molar refractivity (Wildman–Crippen MR) is 107 cm³/mol. The lowest BCUT2D eigenvalue weighted by Crippen LogP contribution is -2.35. The molecule has 0 unspecified atom stereocenters. The number of aromatic amines is 1. The molecular formula is C22H18ClN3O. The lowest BCUT2D eigenvalue weighted by molar-refractivity contribution is 0.241. The van der Waals surface area contributed by atoms with Gasteiger partial charge in [-0.15, -0.1) is 6.42 Å². The maximum absolute atomic E-state index is 12.7. The average Bonchev–Trinajstić information content (AvgIpc) is 2.69. The number of aromatic nitrogens is 2. The molecule has 3 aromatic rings. The molecule has 5 heteroatoms. The summed E-state index contributed by atoms with van der Waals surface area (Å²) in [5.74, 6) is 3.31. The number of fused-ring (bicyclic) bond motifs is 1. The molecule has 1 aliphatic rings. The molecule has 1 aliphatic heterocycles. The second kappa shape index (κ2) is 7.40. The second-order valence-electron chi connectivity index (χ2n) is 6.61. The van der Waals surface area contributed by atoms with Crippen molar-refractivity contribution in [2.24, 2.45) is 0 Å². The van der Waals surface area contributed by atoms with Gasteiger partial charge in [0, 0.05) is 42.2 Å². The minimum Gasteiger partial charge on any atom is -0.306 e. The molecule has 1 N–H and O–H groups in total. The number of hydrogen-bond acceptors (Lipinski definition) is 3. The van der Waals surface area contributed by atoms with Crippen LogP contribution in [0.2, 0.25) is 5.02 Å². The minimum atomic E-state index is -0.0834. The average molecular weight is 376 g/mol. The first-order chi connectivity index (χ1) is 13.1. The monoisotopic (exact) mass is 375 g/mol. The standard InChI is InChI=1S/C22H18ClN3O/c1-2-15-5-3-4-6-17(15)13-26-12-11-20-19(14-26)22(27)25-21(24-20)16-7-9-18(23)10-8-16/h1,3-10H,11-14H2,(H,24,25,27). The Morgan fingerprint density at radius 2 is 1.96 bits per heavy atom. The Labute approximate surface area is 162 Å². The summed E-state index contributed by atoms with van der Waals surface area (Å²) in [7, 11) is 0. The van der Waals surface area contributed by atoms with E-state index in [1.165, 1.54) is 0 Å². The van der Waals surface area contributed by atoms with Crippen molar-refractivity contribution in [3.8, 4) is 23.7 Å². The van der Waals surface area contributed by atoms with Crippen molar-refractivity contribution in [2.75, 3.05) is 6.54 Å². The lowest BCUT2D eigenvalue weighted by atomic mass is 10.0.